The van der Waals surface area contributed by atoms with Gasteiger partial charge in [-0.1, -0.05) is 20.3 Å². The molecular formula is C15H26N2S. The number of aromatic nitrogens is 1. The van der Waals surface area contributed by atoms with Gasteiger partial charge in [0.15, 0.2) is 0 Å². The smallest absolute Gasteiger partial charge is 0.113 e. The summed E-state index contributed by atoms with van der Waals surface area (Å²) in [4.78, 5) is 6.47. The Labute approximate surface area is 115 Å². The van der Waals surface area contributed by atoms with Crippen molar-refractivity contribution in [1.82, 2.24) is 10.3 Å². The van der Waals surface area contributed by atoms with Crippen molar-refractivity contribution < 1.29 is 0 Å². The normalized spacial score (nSPS) is 19.9. The fourth-order valence-corrected chi connectivity index (χ4v) is 4.21. The second-order valence-electron chi connectivity index (χ2n) is 6.05. The summed E-state index contributed by atoms with van der Waals surface area (Å²) in [7, 11) is 0. The molecule has 0 saturated heterocycles. The molecule has 2 atom stereocenters. The van der Waals surface area contributed by atoms with Crippen molar-refractivity contribution in [3.8, 4) is 0 Å². The predicted molar refractivity (Wildman–Crippen MR) is 79.2 cm³/mol. The van der Waals surface area contributed by atoms with E-state index in [2.05, 4.69) is 39.9 Å². The molecule has 102 valence electrons. The van der Waals surface area contributed by atoms with E-state index in [1.165, 1.54) is 41.3 Å². The van der Waals surface area contributed by atoms with Crippen molar-refractivity contribution in [2.24, 2.45) is 5.92 Å². The van der Waals surface area contributed by atoms with Gasteiger partial charge in [0.2, 0.25) is 0 Å². The zero-order valence-electron chi connectivity index (χ0n) is 12.3. The van der Waals surface area contributed by atoms with Crippen LogP contribution in [0.1, 0.15) is 63.0 Å². The summed E-state index contributed by atoms with van der Waals surface area (Å²) in [6.45, 7) is 11.4. The summed E-state index contributed by atoms with van der Waals surface area (Å²) >= 11 is 1.94. The highest BCUT2D eigenvalue weighted by molar-refractivity contribution is 7.12. The van der Waals surface area contributed by atoms with Crippen molar-refractivity contribution in [2.45, 2.75) is 71.9 Å². The van der Waals surface area contributed by atoms with Crippen molar-refractivity contribution in [2.75, 3.05) is 0 Å². The Morgan fingerprint density at radius 2 is 2.06 bits per heavy atom. The van der Waals surface area contributed by atoms with Crippen LogP contribution in [-0.2, 0) is 18.4 Å². The van der Waals surface area contributed by atoms with E-state index in [1.54, 1.807) is 0 Å². The first kappa shape index (κ1) is 14.0. The van der Waals surface area contributed by atoms with Crippen LogP contribution in [0.5, 0.6) is 0 Å². The van der Waals surface area contributed by atoms with Gasteiger partial charge in [0, 0.05) is 10.9 Å². The van der Waals surface area contributed by atoms with Crippen molar-refractivity contribution >= 4 is 11.3 Å². The average Bonchev–Trinajstić information content (AvgIpc) is 2.86. The van der Waals surface area contributed by atoms with Gasteiger partial charge in [-0.05, 0) is 46.0 Å². The summed E-state index contributed by atoms with van der Waals surface area (Å²) in [6.07, 6.45) is 4.90. The third kappa shape index (κ3) is 2.48. The second-order valence-corrected chi connectivity index (χ2v) is 7.14. The fourth-order valence-electron chi connectivity index (χ4n) is 2.84. The van der Waals surface area contributed by atoms with E-state index in [4.69, 9.17) is 4.98 Å². The highest BCUT2D eigenvalue weighted by atomic mass is 32.1. The Bertz CT molecular complexity index is 389. The van der Waals surface area contributed by atoms with Crippen LogP contribution in [0.4, 0.5) is 0 Å². The molecule has 0 saturated carbocycles. The Hall–Kier alpha value is -0.410. The second kappa shape index (κ2) is 5.30. The van der Waals surface area contributed by atoms with Gasteiger partial charge < -0.3 is 5.32 Å². The minimum absolute atomic E-state index is 0.0257. The van der Waals surface area contributed by atoms with Crippen LogP contribution in [0.2, 0.25) is 0 Å². The average molecular weight is 266 g/mol. The number of nitrogens with zero attached hydrogens (tertiary/aromatic N) is 1. The van der Waals surface area contributed by atoms with Crippen molar-refractivity contribution in [3.05, 3.63) is 15.6 Å². The monoisotopic (exact) mass is 266 g/mol. The number of hydrogen-bond donors (Lipinski definition) is 1. The van der Waals surface area contributed by atoms with Crippen LogP contribution in [0.15, 0.2) is 0 Å². The molecule has 18 heavy (non-hydrogen) atoms. The molecule has 2 unspecified atom stereocenters. The van der Waals surface area contributed by atoms with Crippen LogP contribution < -0.4 is 5.32 Å². The standard InChI is InChI=1S/C15H26N2S/c1-6-11(4)15(5,17-10(2)3)14-16-12-8-7-9-13(12)18-14/h10-11,17H,6-9H2,1-5H3. The first-order chi connectivity index (χ1) is 8.47. The minimum Gasteiger partial charge on any atom is -0.303 e. The number of thiazole rings is 1. The maximum absolute atomic E-state index is 4.94. The molecule has 1 heterocycles. The summed E-state index contributed by atoms with van der Waals surface area (Å²) in [6, 6.07) is 0.489. The highest BCUT2D eigenvalue weighted by Crippen LogP contribution is 2.38. The van der Waals surface area contributed by atoms with E-state index in [1.807, 2.05) is 11.3 Å². The number of nitrogens with one attached hydrogen (secondary N) is 1. The quantitative estimate of drug-likeness (QED) is 0.874. The largest absolute Gasteiger partial charge is 0.303 e. The number of fused-ring (bicyclic) bond motifs is 1. The zero-order valence-corrected chi connectivity index (χ0v) is 13.2. The van der Waals surface area contributed by atoms with E-state index in [-0.39, 0.29) is 5.54 Å². The van der Waals surface area contributed by atoms with Gasteiger partial charge in [-0.15, -0.1) is 11.3 Å². The van der Waals surface area contributed by atoms with Crippen molar-refractivity contribution in [1.29, 1.82) is 0 Å². The van der Waals surface area contributed by atoms with Crippen LogP contribution >= 0.6 is 11.3 Å². The highest BCUT2D eigenvalue weighted by Gasteiger charge is 2.36. The van der Waals surface area contributed by atoms with Crippen molar-refractivity contribution in [3.63, 3.8) is 0 Å². The maximum Gasteiger partial charge on any atom is 0.113 e. The van der Waals surface area contributed by atoms with Gasteiger partial charge in [-0.3, -0.25) is 0 Å². The van der Waals surface area contributed by atoms with Crippen LogP contribution in [0.25, 0.3) is 0 Å². The molecule has 0 aliphatic heterocycles. The topological polar surface area (TPSA) is 24.9 Å². The van der Waals surface area contributed by atoms with E-state index in [0.29, 0.717) is 12.0 Å². The molecule has 2 rings (SSSR count). The van der Waals surface area contributed by atoms with Crippen LogP contribution in [-0.4, -0.2) is 11.0 Å². The van der Waals surface area contributed by atoms with Gasteiger partial charge in [-0.25, -0.2) is 4.98 Å². The molecule has 3 heteroatoms. The van der Waals surface area contributed by atoms with Gasteiger partial charge in [0.05, 0.1) is 11.2 Å². The van der Waals surface area contributed by atoms with E-state index in [0.717, 1.165) is 0 Å². The van der Waals surface area contributed by atoms with E-state index in [9.17, 15) is 0 Å². The molecule has 1 aliphatic carbocycles. The van der Waals surface area contributed by atoms with Crippen LogP contribution in [0.3, 0.4) is 0 Å². The maximum atomic E-state index is 4.94. The van der Waals surface area contributed by atoms with Gasteiger partial charge in [0.25, 0.3) is 0 Å². The molecule has 0 fully saturated rings. The minimum atomic E-state index is 0.0257. The molecule has 0 bridgehead atoms. The first-order valence-electron chi connectivity index (χ1n) is 7.24. The predicted octanol–water partition coefficient (Wildman–Crippen LogP) is 3.89. The Balaban J connectivity index is 2.32. The number of aryl methyl sites for hydroxylation is 2. The fraction of sp³-hybridized carbons (Fsp3) is 0.800. The summed E-state index contributed by atoms with van der Waals surface area (Å²) in [5, 5.41) is 5.06. The molecule has 1 N–H and O–H groups in total. The molecule has 1 aromatic heterocycles. The zero-order chi connectivity index (χ0) is 13.3. The molecule has 0 amide bonds. The Kier molecular flexibility index (Phi) is 4.12. The lowest BCUT2D eigenvalue weighted by Crippen LogP contribution is -2.48. The third-order valence-electron chi connectivity index (χ3n) is 4.23. The molecule has 0 aromatic carbocycles. The number of rotatable bonds is 5. The number of hydrogen-bond acceptors (Lipinski definition) is 3. The Morgan fingerprint density at radius 1 is 1.33 bits per heavy atom. The SMILES string of the molecule is CCC(C)C(C)(NC(C)C)c1nc2c(s1)CCC2. The molecule has 1 aliphatic rings. The van der Waals surface area contributed by atoms with Gasteiger partial charge in [0.1, 0.15) is 5.01 Å². The molecule has 1 aromatic rings. The van der Waals surface area contributed by atoms with Gasteiger partial charge in [-0.2, -0.15) is 0 Å². The lowest BCUT2D eigenvalue weighted by Gasteiger charge is -2.36. The lowest BCUT2D eigenvalue weighted by atomic mass is 9.85. The Morgan fingerprint density at radius 3 is 2.61 bits per heavy atom. The van der Waals surface area contributed by atoms with Crippen LogP contribution in [0, 0.1) is 5.92 Å². The summed E-state index contributed by atoms with van der Waals surface area (Å²) in [5.74, 6) is 0.603. The summed E-state index contributed by atoms with van der Waals surface area (Å²) in [5.41, 5.74) is 1.40. The first-order valence-corrected chi connectivity index (χ1v) is 8.05. The van der Waals surface area contributed by atoms with Gasteiger partial charge >= 0.3 is 0 Å². The molecule has 2 nitrogen and oxygen atoms in total. The molecule has 0 radical (unpaired) electrons. The van der Waals surface area contributed by atoms with E-state index >= 15 is 0 Å². The summed E-state index contributed by atoms with van der Waals surface area (Å²) < 4.78 is 0. The van der Waals surface area contributed by atoms with E-state index < -0.39 is 0 Å². The molecule has 0 spiro atoms. The third-order valence-corrected chi connectivity index (χ3v) is 5.62. The molecular weight excluding hydrogens is 240 g/mol. The lowest BCUT2D eigenvalue weighted by molar-refractivity contribution is 0.223.